The number of Topliss-reactive ketones (excluding diaryl/α,β-unsaturated/α-hetero) is 1. The molecule has 2 saturated heterocycles. The Balaban J connectivity index is 0.000000595. The van der Waals surface area contributed by atoms with Gasteiger partial charge in [-0.1, -0.05) is 41.5 Å². The zero-order valence-corrected chi connectivity index (χ0v) is 35.6. The van der Waals surface area contributed by atoms with Gasteiger partial charge in [0.05, 0.1) is 40.5 Å². The van der Waals surface area contributed by atoms with Crippen LogP contribution in [0.15, 0.2) is 12.1 Å². The summed E-state index contributed by atoms with van der Waals surface area (Å²) in [6.45, 7) is 27.1. The summed E-state index contributed by atoms with van der Waals surface area (Å²) in [5, 5.41) is 10.7. The summed E-state index contributed by atoms with van der Waals surface area (Å²) in [5.74, 6) is 2.94. The van der Waals surface area contributed by atoms with Gasteiger partial charge >= 0.3 is 0 Å². The van der Waals surface area contributed by atoms with Gasteiger partial charge in [0, 0.05) is 28.1 Å². The lowest BCUT2D eigenvalue weighted by molar-refractivity contribution is -0.227. The number of aromatic amines is 1. The number of carbonyl (C=O) groups is 2. The summed E-state index contributed by atoms with van der Waals surface area (Å²) in [6, 6.07) is 4.21. The molecule has 6 aliphatic rings. The van der Waals surface area contributed by atoms with Gasteiger partial charge in [-0.25, -0.2) is 0 Å². The van der Waals surface area contributed by atoms with Crippen LogP contribution in [0, 0.1) is 47.9 Å². The van der Waals surface area contributed by atoms with Crippen LogP contribution >= 0.6 is 0 Å². The Labute approximate surface area is 326 Å². The number of aliphatic hydroxyl groups excluding tert-OH is 1. The molecular formula is C46H72N2O6. The average molecular weight is 749 g/mol. The van der Waals surface area contributed by atoms with E-state index in [0.29, 0.717) is 30.1 Å². The van der Waals surface area contributed by atoms with E-state index in [0.717, 1.165) is 54.7 Å². The largest absolute Gasteiger partial charge is 0.372 e. The summed E-state index contributed by atoms with van der Waals surface area (Å²) < 4.78 is 19.0. The fourth-order valence-corrected chi connectivity index (χ4v) is 12.1. The number of nitrogens with one attached hydrogen (secondary N) is 1. The van der Waals surface area contributed by atoms with Crippen LogP contribution in [0.25, 0.3) is 10.9 Å². The number of ether oxygens (including phenoxy) is 3. The molecule has 3 heterocycles. The van der Waals surface area contributed by atoms with E-state index in [1.165, 1.54) is 29.5 Å². The monoisotopic (exact) mass is 749 g/mol. The molecule has 1 aromatic heterocycles. The maximum absolute atomic E-state index is 14.2. The molecule has 8 heteroatoms. The minimum Gasteiger partial charge on any atom is -0.372 e. The molecule has 8 rings (SSSR count). The van der Waals surface area contributed by atoms with Crippen LogP contribution in [0.3, 0.4) is 0 Å². The Morgan fingerprint density at radius 2 is 1.65 bits per heavy atom. The van der Waals surface area contributed by atoms with Crippen molar-refractivity contribution in [3.8, 4) is 12.8 Å². The van der Waals surface area contributed by atoms with Gasteiger partial charge in [-0.15, -0.1) is 12.8 Å². The number of rotatable bonds is 3. The van der Waals surface area contributed by atoms with Crippen molar-refractivity contribution in [3.05, 3.63) is 34.5 Å². The predicted octanol–water partition coefficient (Wildman–Crippen LogP) is 8.94. The molecular weight excluding hydrogens is 677 g/mol. The van der Waals surface area contributed by atoms with Crippen molar-refractivity contribution >= 4 is 23.5 Å². The molecule has 0 spiro atoms. The first kappa shape index (κ1) is 44.2. The number of carbonyl (C=O) groups excluding carboxylic acids is 2. The quantitative estimate of drug-likeness (QED) is 0.212. The lowest BCUT2D eigenvalue weighted by Crippen LogP contribution is -2.64. The SMILES string of the molecule is C#C.C=O.CC.CC(C)C.CC1(C)OC(C)(C)[C@]2(N)Cc3c(ccc4[nH]c5c(c34)CC3CCC4C6CC[C@@H](C(C)(C)OCO)OC6CC[C@]4(C)C53)C(=O)C12. The maximum atomic E-state index is 14.2. The third-order valence-electron chi connectivity index (χ3n) is 14.0. The van der Waals surface area contributed by atoms with Crippen LogP contribution in [0.1, 0.15) is 155 Å². The molecule has 0 radical (unpaired) electrons. The van der Waals surface area contributed by atoms with Crippen molar-refractivity contribution in [3.63, 3.8) is 0 Å². The highest BCUT2D eigenvalue weighted by Crippen LogP contribution is 2.66. The van der Waals surface area contributed by atoms with Crippen molar-refractivity contribution in [1.29, 1.82) is 0 Å². The number of hydrogen-bond acceptors (Lipinski definition) is 7. The molecule has 4 fully saturated rings. The minimum atomic E-state index is -0.754. The zero-order chi connectivity index (χ0) is 40.8. The van der Waals surface area contributed by atoms with E-state index in [4.69, 9.17) is 24.7 Å². The molecule has 302 valence electrons. The fraction of sp³-hybridized carbons (Fsp3) is 0.739. The molecule has 54 heavy (non-hydrogen) atoms. The second-order valence-corrected chi connectivity index (χ2v) is 18.9. The number of aliphatic hydroxyl groups is 1. The van der Waals surface area contributed by atoms with Crippen molar-refractivity contribution in [2.75, 3.05) is 6.79 Å². The normalized spacial score (nSPS) is 35.0. The van der Waals surface area contributed by atoms with E-state index < -0.39 is 22.3 Å². The number of terminal acetylenes is 1. The number of hydrogen-bond donors (Lipinski definition) is 3. The number of aromatic nitrogens is 1. The number of ketones is 1. The maximum Gasteiger partial charge on any atom is 0.171 e. The van der Waals surface area contributed by atoms with E-state index in [1.807, 2.05) is 48.3 Å². The lowest BCUT2D eigenvalue weighted by Gasteiger charge is -2.59. The fourth-order valence-electron chi connectivity index (χ4n) is 12.1. The molecule has 0 bridgehead atoms. The van der Waals surface area contributed by atoms with Gasteiger partial charge in [0.1, 0.15) is 13.6 Å². The van der Waals surface area contributed by atoms with Gasteiger partial charge in [0.25, 0.3) is 0 Å². The standard InChI is InChI=1S/C37H52N2O5.C4H10.C2H6.C2H2.CH2O/c1-33(2,42-18-40)27-13-10-21-24-11-8-19-16-22-28-23-17-37(38)32(34(3,4)44-35(37,5)6)31(41)20(23)9-12-25(28)39-30(22)29(19)36(24,7)15-14-26(21)43-27;1-4(2)3;3*1-2/h9,12,19,21,24,26-27,29,32,39-40H,8,10-11,13-18,38H2,1-7H3;4H,1-3H3;1-2H3;1-2H;1H2/t19?,21?,24?,26?,27-,29?,32?,36-,37-;;;;/m0..../s1. The molecule has 1 aromatic carbocycles. The van der Waals surface area contributed by atoms with Crippen molar-refractivity contribution < 1.29 is 28.9 Å². The van der Waals surface area contributed by atoms with Gasteiger partial charge in [-0.3, -0.25) is 4.79 Å². The Hall–Kier alpha value is -2.54. The third kappa shape index (κ3) is 7.04. The molecule has 4 N–H and O–H groups in total. The molecule has 2 saturated carbocycles. The topological polar surface area (TPSA) is 124 Å². The van der Waals surface area contributed by atoms with Crippen molar-refractivity contribution in [1.82, 2.24) is 4.98 Å². The number of H-pyrrole nitrogens is 1. The van der Waals surface area contributed by atoms with Gasteiger partial charge in [-0.05, 0) is 145 Å². The summed E-state index contributed by atoms with van der Waals surface area (Å²) in [7, 11) is 0. The highest BCUT2D eigenvalue weighted by Gasteiger charge is 2.67. The molecule has 2 aliphatic heterocycles. The summed E-state index contributed by atoms with van der Waals surface area (Å²) in [4.78, 5) is 26.2. The molecule has 4 aliphatic carbocycles. The highest BCUT2D eigenvalue weighted by atomic mass is 16.6. The van der Waals surface area contributed by atoms with E-state index in [1.54, 1.807) is 0 Å². The second kappa shape index (κ2) is 16.1. The van der Waals surface area contributed by atoms with Crippen LogP contribution in [-0.2, 0) is 31.8 Å². The summed E-state index contributed by atoms with van der Waals surface area (Å²) >= 11 is 0. The lowest BCUT2D eigenvalue weighted by atomic mass is 9.49. The van der Waals surface area contributed by atoms with Crippen LogP contribution < -0.4 is 5.73 Å². The Bertz CT molecular complexity index is 1650. The Kier molecular flexibility index (Phi) is 13.2. The minimum absolute atomic E-state index is 0.0172. The third-order valence-corrected chi connectivity index (χ3v) is 14.0. The summed E-state index contributed by atoms with van der Waals surface area (Å²) in [5.41, 5.74) is 11.1. The molecule has 2 aromatic rings. The molecule has 9 atom stereocenters. The second-order valence-electron chi connectivity index (χ2n) is 18.9. The van der Waals surface area contributed by atoms with E-state index >= 15 is 0 Å². The van der Waals surface area contributed by atoms with E-state index in [9.17, 15) is 9.90 Å². The first-order valence-electron chi connectivity index (χ1n) is 20.6. The summed E-state index contributed by atoms with van der Waals surface area (Å²) in [6.07, 6.45) is 16.9. The number of nitrogens with two attached hydrogens (primary N) is 1. The number of benzene rings is 1. The van der Waals surface area contributed by atoms with Crippen molar-refractivity contribution in [2.24, 2.45) is 40.7 Å². The van der Waals surface area contributed by atoms with Crippen molar-refractivity contribution in [2.45, 2.75) is 175 Å². The van der Waals surface area contributed by atoms with Crippen LogP contribution in [-0.4, -0.2) is 64.0 Å². The molecule has 6 unspecified atom stereocenters. The van der Waals surface area contributed by atoms with Gasteiger partial charge in [0.2, 0.25) is 0 Å². The average Bonchev–Trinajstić information content (AvgIpc) is 3.70. The molecule has 8 nitrogen and oxygen atoms in total. The predicted molar refractivity (Wildman–Crippen MR) is 218 cm³/mol. The van der Waals surface area contributed by atoms with Crippen LogP contribution in [0.2, 0.25) is 0 Å². The van der Waals surface area contributed by atoms with E-state index in [2.05, 4.69) is 71.5 Å². The zero-order valence-electron chi connectivity index (χ0n) is 35.6. The smallest absolute Gasteiger partial charge is 0.171 e. The first-order valence-corrected chi connectivity index (χ1v) is 20.6. The van der Waals surface area contributed by atoms with Gasteiger partial charge in [0.15, 0.2) is 5.78 Å². The Morgan fingerprint density at radius 1 is 1.02 bits per heavy atom. The number of fused-ring (bicyclic) bond motifs is 12. The van der Waals surface area contributed by atoms with Crippen LogP contribution in [0.4, 0.5) is 0 Å². The molecule has 0 amide bonds. The van der Waals surface area contributed by atoms with Gasteiger partial charge in [-0.2, -0.15) is 0 Å². The van der Waals surface area contributed by atoms with E-state index in [-0.39, 0.29) is 36.1 Å². The Morgan fingerprint density at radius 3 is 2.26 bits per heavy atom. The first-order chi connectivity index (χ1) is 25.4. The highest BCUT2D eigenvalue weighted by molar-refractivity contribution is 6.07. The van der Waals surface area contributed by atoms with Crippen LogP contribution in [0.5, 0.6) is 0 Å². The van der Waals surface area contributed by atoms with Gasteiger partial charge < -0.3 is 34.8 Å².